The molecule has 0 saturated carbocycles. The number of benzene rings is 1. The van der Waals surface area contributed by atoms with Gasteiger partial charge in [0.2, 0.25) is 0 Å². The summed E-state index contributed by atoms with van der Waals surface area (Å²) >= 11 is 3.48. The zero-order chi connectivity index (χ0) is 12.7. The standard InChI is InChI=1S/C12H14BrNO3/c1-5-4-8-6(2)10(14-12(15)16)7(3)9(13)11(8)17-5/h5,14H,4H2,1-3H3,(H,15,16). The molecule has 1 aliphatic rings. The van der Waals surface area contributed by atoms with E-state index in [4.69, 9.17) is 9.84 Å². The van der Waals surface area contributed by atoms with Crippen LogP contribution in [0.5, 0.6) is 5.75 Å². The maximum atomic E-state index is 10.8. The summed E-state index contributed by atoms with van der Waals surface area (Å²) in [6.07, 6.45) is -0.0940. The highest BCUT2D eigenvalue weighted by molar-refractivity contribution is 9.10. The van der Waals surface area contributed by atoms with Crippen molar-refractivity contribution in [2.75, 3.05) is 5.32 Å². The summed E-state index contributed by atoms with van der Waals surface area (Å²) < 4.78 is 6.58. The Bertz CT molecular complexity index is 499. The molecule has 0 fully saturated rings. The average molecular weight is 300 g/mol. The van der Waals surface area contributed by atoms with E-state index in [1.165, 1.54) is 0 Å². The van der Waals surface area contributed by atoms with Crippen LogP contribution in [0, 0.1) is 13.8 Å². The van der Waals surface area contributed by atoms with Crippen molar-refractivity contribution in [3.8, 4) is 5.75 Å². The predicted molar refractivity (Wildman–Crippen MR) is 69.1 cm³/mol. The Morgan fingerprint density at radius 1 is 1.47 bits per heavy atom. The van der Waals surface area contributed by atoms with Crippen molar-refractivity contribution < 1.29 is 14.6 Å². The van der Waals surface area contributed by atoms with E-state index in [0.717, 1.165) is 33.3 Å². The maximum Gasteiger partial charge on any atom is 0.409 e. The molecule has 1 heterocycles. The van der Waals surface area contributed by atoms with E-state index in [1.54, 1.807) is 0 Å². The zero-order valence-corrected chi connectivity index (χ0v) is 11.5. The highest BCUT2D eigenvalue weighted by Crippen LogP contribution is 2.44. The number of fused-ring (bicyclic) bond motifs is 1. The maximum absolute atomic E-state index is 10.8. The Morgan fingerprint density at radius 3 is 2.71 bits per heavy atom. The van der Waals surface area contributed by atoms with Gasteiger partial charge in [0.1, 0.15) is 11.9 Å². The van der Waals surface area contributed by atoms with Crippen molar-refractivity contribution in [2.45, 2.75) is 33.3 Å². The summed E-state index contributed by atoms with van der Waals surface area (Å²) in [7, 11) is 0. The number of hydrogen-bond acceptors (Lipinski definition) is 2. The fourth-order valence-electron chi connectivity index (χ4n) is 2.21. The van der Waals surface area contributed by atoms with Gasteiger partial charge in [0.05, 0.1) is 10.2 Å². The van der Waals surface area contributed by atoms with E-state index in [0.29, 0.717) is 5.69 Å². The first-order valence-corrected chi connectivity index (χ1v) is 6.19. The Hall–Kier alpha value is -1.23. The fourth-order valence-corrected chi connectivity index (χ4v) is 2.74. The molecule has 0 spiro atoms. The van der Waals surface area contributed by atoms with Gasteiger partial charge in [-0.3, -0.25) is 5.32 Å². The molecule has 1 amide bonds. The van der Waals surface area contributed by atoms with Gasteiger partial charge >= 0.3 is 6.09 Å². The molecule has 1 aromatic carbocycles. The van der Waals surface area contributed by atoms with Crippen molar-refractivity contribution in [1.29, 1.82) is 0 Å². The first kappa shape index (κ1) is 12.2. The Balaban J connectivity index is 2.60. The molecule has 92 valence electrons. The molecule has 0 bridgehead atoms. The number of amides is 1. The molecule has 1 aromatic rings. The lowest BCUT2D eigenvalue weighted by Gasteiger charge is -2.15. The summed E-state index contributed by atoms with van der Waals surface area (Å²) in [5.41, 5.74) is 3.55. The third-order valence-corrected chi connectivity index (χ3v) is 4.00. The number of ether oxygens (including phenoxy) is 1. The lowest BCUT2D eigenvalue weighted by molar-refractivity contribution is 0.209. The second-order valence-corrected chi connectivity index (χ2v) is 5.10. The summed E-state index contributed by atoms with van der Waals surface area (Å²) in [6, 6.07) is 0. The number of hydrogen-bond donors (Lipinski definition) is 2. The number of nitrogens with one attached hydrogen (secondary N) is 1. The van der Waals surface area contributed by atoms with Gasteiger partial charge in [0, 0.05) is 12.0 Å². The van der Waals surface area contributed by atoms with Gasteiger partial charge in [-0.2, -0.15) is 0 Å². The van der Waals surface area contributed by atoms with Crippen LogP contribution in [0.2, 0.25) is 0 Å². The summed E-state index contributed by atoms with van der Waals surface area (Å²) in [6.45, 7) is 5.80. The highest BCUT2D eigenvalue weighted by Gasteiger charge is 2.27. The summed E-state index contributed by atoms with van der Waals surface area (Å²) in [5, 5.41) is 11.3. The smallest absolute Gasteiger partial charge is 0.409 e. The van der Waals surface area contributed by atoms with Crippen molar-refractivity contribution in [3.63, 3.8) is 0 Å². The Kier molecular flexibility index (Phi) is 3.03. The summed E-state index contributed by atoms with van der Waals surface area (Å²) in [5.74, 6) is 0.850. The van der Waals surface area contributed by atoms with Crippen LogP contribution in [-0.2, 0) is 6.42 Å². The second-order valence-electron chi connectivity index (χ2n) is 4.31. The van der Waals surface area contributed by atoms with E-state index >= 15 is 0 Å². The molecule has 5 heteroatoms. The molecule has 2 N–H and O–H groups in total. The van der Waals surface area contributed by atoms with Crippen molar-refractivity contribution in [3.05, 3.63) is 21.2 Å². The highest BCUT2D eigenvalue weighted by atomic mass is 79.9. The summed E-state index contributed by atoms with van der Waals surface area (Å²) in [4.78, 5) is 10.8. The fraction of sp³-hybridized carbons (Fsp3) is 0.417. The molecule has 4 nitrogen and oxygen atoms in total. The van der Waals surface area contributed by atoms with E-state index < -0.39 is 6.09 Å². The van der Waals surface area contributed by atoms with Gasteiger partial charge in [0.15, 0.2) is 0 Å². The van der Waals surface area contributed by atoms with Gasteiger partial charge < -0.3 is 9.84 Å². The lowest BCUT2D eigenvalue weighted by atomic mass is 9.99. The van der Waals surface area contributed by atoms with Crippen molar-refractivity contribution in [1.82, 2.24) is 0 Å². The predicted octanol–water partition coefficient (Wildman–Crippen LogP) is 3.48. The van der Waals surface area contributed by atoms with E-state index in [-0.39, 0.29) is 6.10 Å². The Labute approximate surface area is 108 Å². The lowest BCUT2D eigenvalue weighted by Crippen LogP contribution is -2.11. The zero-order valence-electron chi connectivity index (χ0n) is 9.93. The minimum Gasteiger partial charge on any atom is -0.489 e. The van der Waals surface area contributed by atoms with Crippen LogP contribution in [-0.4, -0.2) is 17.3 Å². The van der Waals surface area contributed by atoms with Crippen LogP contribution in [0.1, 0.15) is 23.6 Å². The van der Waals surface area contributed by atoms with Crippen LogP contribution in [0.4, 0.5) is 10.5 Å². The molecular weight excluding hydrogens is 286 g/mol. The monoisotopic (exact) mass is 299 g/mol. The minimum absolute atomic E-state index is 0.138. The van der Waals surface area contributed by atoms with Gasteiger partial charge in [-0.25, -0.2) is 4.79 Å². The van der Waals surface area contributed by atoms with E-state index in [9.17, 15) is 4.79 Å². The molecule has 2 rings (SSSR count). The van der Waals surface area contributed by atoms with Gasteiger partial charge in [-0.15, -0.1) is 0 Å². The molecule has 1 atom stereocenters. The second kappa shape index (κ2) is 4.22. The van der Waals surface area contributed by atoms with Crippen molar-refractivity contribution >= 4 is 27.7 Å². The van der Waals surface area contributed by atoms with Gasteiger partial charge in [-0.05, 0) is 47.8 Å². The molecule has 0 radical (unpaired) electrons. The van der Waals surface area contributed by atoms with Crippen molar-refractivity contribution in [2.24, 2.45) is 0 Å². The number of halogens is 1. The molecule has 17 heavy (non-hydrogen) atoms. The first-order chi connectivity index (χ1) is 7.91. The SMILES string of the molecule is Cc1c(Br)c2c(c(C)c1NC(=O)O)CC(C)O2. The van der Waals surface area contributed by atoms with E-state index in [2.05, 4.69) is 21.2 Å². The quantitative estimate of drug-likeness (QED) is 0.834. The molecule has 0 aliphatic carbocycles. The minimum atomic E-state index is -1.05. The molecule has 1 unspecified atom stereocenters. The third kappa shape index (κ3) is 1.99. The molecule has 1 aliphatic heterocycles. The van der Waals surface area contributed by atoms with Gasteiger partial charge in [-0.1, -0.05) is 0 Å². The number of rotatable bonds is 1. The number of carboxylic acid groups (broad SMARTS) is 1. The van der Waals surface area contributed by atoms with Crippen LogP contribution in [0.3, 0.4) is 0 Å². The molecule has 0 aromatic heterocycles. The Morgan fingerprint density at radius 2 is 2.12 bits per heavy atom. The van der Waals surface area contributed by atoms with Crippen LogP contribution >= 0.6 is 15.9 Å². The molecular formula is C12H14BrNO3. The first-order valence-electron chi connectivity index (χ1n) is 5.40. The largest absolute Gasteiger partial charge is 0.489 e. The number of anilines is 1. The average Bonchev–Trinajstić information content (AvgIpc) is 2.63. The molecule has 0 saturated heterocycles. The topological polar surface area (TPSA) is 58.6 Å². The van der Waals surface area contributed by atoms with Crippen LogP contribution < -0.4 is 10.1 Å². The van der Waals surface area contributed by atoms with Crippen LogP contribution in [0.25, 0.3) is 0 Å². The third-order valence-electron chi connectivity index (χ3n) is 3.05. The normalized spacial score (nSPS) is 17.5. The van der Waals surface area contributed by atoms with Crippen LogP contribution in [0.15, 0.2) is 4.47 Å². The van der Waals surface area contributed by atoms with E-state index in [1.807, 2.05) is 20.8 Å². The van der Waals surface area contributed by atoms with Gasteiger partial charge in [0.25, 0.3) is 0 Å². The number of carbonyl (C=O) groups is 1.